The molecule has 0 bridgehead atoms. The Hall–Kier alpha value is -0.690. The molecule has 0 aromatic carbocycles. The standard InChI is InChI=1S/C18H35N3O11.H2O4S/c1-4-9(23)12(26)13(27)18(29-4)32-16-6(20)2-5(19)15(14(16)28)31-17-11(25)8(21)10(24)7(3-22)30-17;1-5(2,3)4/h4-18,22-28H,2-3,19-21H2,1H3;(H2,1,2,3,4). The van der Waals surface area contributed by atoms with Gasteiger partial charge in [0, 0.05) is 12.1 Å². The maximum atomic E-state index is 10.9. The van der Waals surface area contributed by atoms with E-state index in [2.05, 4.69) is 0 Å². The monoisotopic (exact) mass is 567 g/mol. The van der Waals surface area contributed by atoms with Gasteiger partial charge >= 0.3 is 10.4 Å². The molecule has 2 aliphatic heterocycles. The number of hydrogen-bond acceptors (Lipinski definition) is 16. The molecule has 3 fully saturated rings. The Balaban J connectivity index is 0.000000877. The van der Waals surface area contributed by atoms with Crippen LogP contribution in [0.1, 0.15) is 13.3 Å². The molecule has 0 spiro atoms. The third kappa shape index (κ3) is 8.16. The summed E-state index contributed by atoms with van der Waals surface area (Å²) in [5.74, 6) is 0. The summed E-state index contributed by atoms with van der Waals surface area (Å²) in [7, 11) is -4.67. The number of hydrogen-bond donors (Lipinski definition) is 12. The van der Waals surface area contributed by atoms with Gasteiger partial charge in [0.05, 0.1) is 18.8 Å². The van der Waals surface area contributed by atoms with Gasteiger partial charge in [0.25, 0.3) is 0 Å². The topological polar surface area (TPSA) is 331 Å². The van der Waals surface area contributed by atoms with E-state index in [1.165, 1.54) is 6.92 Å². The van der Waals surface area contributed by atoms with E-state index in [9.17, 15) is 35.7 Å². The first-order valence-corrected chi connectivity index (χ1v) is 12.6. The first-order chi connectivity index (χ1) is 17.0. The van der Waals surface area contributed by atoms with Gasteiger partial charge in [0.2, 0.25) is 0 Å². The van der Waals surface area contributed by atoms with E-state index in [1.807, 2.05) is 0 Å². The molecule has 18 nitrogen and oxygen atoms in total. The van der Waals surface area contributed by atoms with Gasteiger partial charge in [0.15, 0.2) is 12.6 Å². The molecule has 2 heterocycles. The van der Waals surface area contributed by atoms with Crippen LogP contribution in [0.15, 0.2) is 0 Å². The lowest BCUT2D eigenvalue weighted by molar-refractivity contribution is -0.331. The Morgan fingerprint density at radius 3 is 1.68 bits per heavy atom. The van der Waals surface area contributed by atoms with E-state index in [0.29, 0.717) is 0 Å². The Bertz CT molecular complexity index is 816. The fourth-order valence-corrected chi connectivity index (χ4v) is 4.30. The van der Waals surface area contributed by atoms with Crippen molar-refractivity contribution in [3.8, 4) is 0 Å². The van der Waals surface area contributed by atoms with Crippen molar-refractivity contribution >= 4 is 10.4 Å². The van der Waals surface area contributed by atoms with Gasteiger partial charge in [-0.2, -0.15) is 8.42 Å². The van der Waals surface area contributed by atoms with Crippen LogP contribution >= 0.6 is 0 Å². The molecule has 0 aromatic heterocycles. The predicted molar refractivity (Wildman–Crippen MR) is 119 cm³/mol. The van der Waals surface area contributed by atoms with Crippen LogP contribution in [-0.2, 0) is 29.3 Å². The average molecular weight is 568 g/mol. The van der Waals surface area contributed by atoms with Crippen molar-refractivity contribution in [1.82, 2.24) is 0 Å². The molecule has 2 saturated heterocycles. The summed E-state index contributed by atoms with van der Waals surface area (Å²) in [5.41, 5.74) is 18.0. The molecule has 15 atom stereocenters. The van der Waals surface area contributed by atoms with Crippen molar-refractivity contribution in [3.63, 3.8) is 0 Å². The van der Waals surface area contributed by atoms with Crippen LogP contribution in [0.2, 0.25) is 0 Å². The Morgan fingerprint density at radius 2 is 1.22 bits per heavy atom. The molecule has 0 amide bonds. The van der Waals surface area contributed by atoms with Gasteiger partial charge in [-0.25, -0.2) is 0 Å². The number of ether oxygens (including phenoxy) is 4. The van der Waals surface area contributed by atoms with E-state index in [4.69, 9.17) is 53.7 Å². The van der Waals surface area contributed by atoms with Crippen LogP contribution in [0, 0.1) is 0 Å². The minimum Gasteiger partial charge on any atom is -0.394 e. The van der Waals surface area contributed by atoms with Crippen molar-refractivity contribution in [1.29, 1.82) is 0 Å². The average Bonchev–Trinajstić information content (AvgIpc) is 2.79. The van der Waals surface area contributed by atoms with Gasteiger partial charge in [-0.05, 0) is 13.3 Å². The summed E-state index contributed by atoms with van der Waals surface area (Å²) in [5, 5.41) is 70.6. The van der Waals surface area contributed by atoms with Gasteiger partial charge in [0.1, 0.15) is 54.9 Å². The zero-order valence-electron chi connectivity index (χ0n) is 19.7. The predicted octanol–water partition coefficient (Wildman–Crippen LogP) is -6.88. The maximum absolute atomic E-state index is 10.9. The third-order valence-electron chi connectivity index (χ3n) is 6.39. The van der Waals surface area contributed by atoms with Gasteiger partial charge in [-0.3, -0.25) is 9.11 Å². The summed E-state index contributed by atoms with van der Waals surface area (Å²) in [6.07, 6.45) is -15.8. The first-order valence-electron chi connectivity index (χ1n) is 11.3. The summed E-state index contributed by atoms with van der Waals surface area (Å²) < 4.78 is 53.7. The lowest BCUT2D eigenvalue weighted by Gasteiger charge is -2.48. The van der Waals surface area contributed by atoms with Crippen LogP contribution in [0.5, 0.6) is 0 Å². The van der Waals surface area contributed by atoms with E-state index in [1.54, 1.807) is 0 Å². The van der Waals surface area contributed by atoms with E-state index >= 15 is 0 Å². The molecule has 37 heavy (non-hydrogen) atoms. The van der Waals surface area contributed by atoms with Crippen molar-refractivity contribution in [3.05, 3.63) is 0 Å². The third-order valence-corrected chi connectivity index (χ3v) is 6.39. The SMILES string of the molecule is CC1OC(OC2C(N)CC(N)C(OC3OC(CO)C(O)C(N)C3O)C2O)C(O)C(O)C1O.O=S(=O)(O)O. The lowest BCUT2D eigenvalue weighted by Crippen LogP contribution is -2.68. The molecule has 15 N–H and O–H groups in total. The summed E-state index contributed by atoms with van der Waals surface area (Å²) in [4.78, 5) is 0. The molecular formula is C18H37N3O15S. The number of aliphatic hydroxyl groups is 7. The largest absolute Gasteiger partial charge is 0.394 e. The molecule has 1 saturated carbocycles. The Morgan fingerprint density at radius 1 is 0.757 bits per heavy atom. The van der Waals surface area contributed by atoms with Crippen LogP contribution in [-0.4, -0.2) is 152 Å². The summed E-state index contributed by atoms with van der Waals surface area (Å²) in [6, 6.07) is -2.80. The number of rotatable bonds is 5. The van der Waals surface area contributed by atoms with Crippen LogP contribution in [0.3, 0.4) is 0 Å². The molecule has 3 rings (SSSR count). The molecule has 19 heteroatoms. The van der Waals surface area contributed by atoms with Crippen LogP contribution in [0.4, 0.5) is 0 Å². The van der Waals surface area contributed by atoms with Crippen molar-refractivity contribution in [2.75, 3.05) is 6.61 Å². The highest BCUT2D eigenvalue weighted by Gasteiger charge is 2.51. The first kappa shape index (κ1) is 32.5. The van der Waals surface area contributed by atoms with E-state index in [0.717, 1.165) is 0 Å². The zero-order valence-corrected chi connectivity index (χ0v) is 20.5. The summed E-state index contributed by atoms with van der Waals surface area (Å²) >= 11 is 0. The second-order valence-corrected chi connectivity index (χ2v) is 10.1. The van der Waals surface area contributed by atoms with Gasteiger partial charge < -0.3 is 71.9 Å². The maximum Gasteiger partial charge on any atom is 0.394 e. The minimum atomic E-state index is -4.67. The normalized spacial score (nSPS) is 49.2. The van der Waals surface area contributed by atoms with Crippen LogP contribution in [0.25, 0.3) is 0 Å². The fourth-order valence-electron chi connectivity index (χ4n) is 4.30. The van der Waals surface area contributed by atoms with E-state index in [-0.39, 0.29) is 6.42 Å². The van der Waals surface area contributed by atoms with Crippen molar-refractivity contribution in [2.24, 2.45) is 17.2 Å². The number of nitrogens with two attached hydrogens (primary N) is 3. The highest BCUT2D eigenvalue weighted by molar-refractivity contribution is 7.79. The summed E-state index contributed by atoms with van der Waals surface area (Å²) in [6.45, 7) is 0.896. The quantitative estimate of drug-likeness (QED) is 0.137. The van der Waals surface area contributed by atoms with E-state index < -0.39 is 109 Å². The second-order valence-electron chi connectivity index (χ2n) is 9.17. The molecule has 3 aliphatic rings. The molecule has 15 unspecified atom stereocenters. The van der Waals surface area contributed by atoms with Gasteiger partial charge in [-0.1, -0.05) is 0 Å². The molecule has 0 aromatic rings. The molecule has 1 aliphatic carbocycles. The fraction of sp³-hybridized carbons (Fsp3) is 1.00. The minimum absolute atomic E-state index is 0.108. The second kappa shape index (κ2) is 13.1. The number of aliphatic hydroxyl groups excluding tert-OH is 7. The van der Waals surface area contributed by atoms with Gasteiger partial charge in [-0.15, -0.1) is 0 Å². The van der Waals surface area contributed by atoms with Crippen molar-refractivity contribution in [2.45, 2.75) is 105 Å². The smallest absolute Gasteiger partial charge is 0.394 e. The molecular weight excluding hydrogens is 530 g/mol. The van der Waals surface area contributed by atoms with Crippen LogP contribution < -0.4 is 17.2 Å². The Kier molecular flexibility index (Phi) is 11.5. The zero-order chi connectivity index (χ0) is 28.4. The molecule has 220 valence electrons. The highest BCUT2D eigenvalue weighted by Crippen LogP contribution is 2.31. The Labute approximate surface area is 212 Å². The molecule has 0 radical (unpaired) electrons. The highest BCUT2D eigenvalue weighted by atomic mass is 32.3. The lowest BCUT2D eigenvalue weighted by atomic mass is 9.84. The van der Waals surface area contributed by atoms with Crippen molar-refractivity contribution < 1.29 is 72.2 Å².